The molecule has 0 saturated carbocycles. The van der Waals surface area contributed by atoms with Gasteiger partial charge in [-0.15, -0.1) is 0 Å². The number of Topliss-reactive ketones (excluding diaryl/α,β-unsaturated/α-hetero) is 1. The molecule has 0 aromatic heterocycles. The number of hydrogen-bond acceptors (Lipinski definition) is 8. The quantitative estimate of drug-likeness (QED) is 0.377. The van der Waals surface area contributed by atoms with E-state index >= 15 is 0 Å². The zero-order valence-electron chi connectivity index (χ0n) is 18.6. The molecule has 0 saturated heterocycles. The van der Waals surface area contributed by atoms with Crippen molar-refractivity contribution in [2.75, 3.05) is 32.8 Å². The Morgan fingerprint density at radius 1 is 1.03 bits per heavy atom. The van der Waals surface area contributed by atoms with Gasteiger partial charge in [0.25, 0.3) is 5.91 Å². The topological polar surface area (TPSA) is 108 Å². The van der Waals surface area contributed by atoms with E-state index in [-0.39, 0.29) is 16.5 Å². The molecule has 172 valence electrons. The van der Waals surface area contributed by atoms with Gasteiger partial charge in [-0.1, -0.05) is 11.6 Å². The highest BCUT2D eigenvalue weighted by atomic mass is 35.5. The molecule has 10 heteroatoms. The van der Waals surface area contributed by atoms with Crippen LogP contribution in [0, 0.1) is 0 Å². The number of benzene rings is 2. The van der Waals surface area contributed by atoms with Gasteiger partial charge in [-0.2, -0.15) is 10.2 Å². The van der Waals surface area contributed by atoms with Gasteiger partial charge in [0.15, 0.2) is 11.5 Å². The number of hydrogen-bond donors (Lipinski definition) is 1. The monoisotopic (exact) mass is 463 g/mol. The predicted octanol–water partition coefficient (Wildman–Crippen LogP) is 4.83. The van der Waals surface area contributed by atoms with Crippen LogP contribution in [-0.2, 0) is 9.59 Å². The second-order valence-electron chi connectivity index (χ2n) is 6.40. The summed E-state index contributed by atoms with van der Waals surface area (Å²) in [4.78, 5) is 25.1. The van der Waals surface area contributed by atoms with E-state index in [0.29, 0.717) is 36.1 Å². The van der Waals surface area contributed by atoms with Crippen molar-refractivity contribution in [1.82, 2.24) is 0 Å². The molecule has 9 nitrogen and oxygen atoms in total. The summed E-state index contributed by atoms with van der Waals surface area (Å²) in [7, 11) is 3.00. The van der Waals surface area contributed by atoms with E-state index in [4.69, 9.17) is 30.5 Å². The maximum absolute atomic E-state index is 13.0. The number of carbonyl (C=O) groups is 2. The standard InChI is InChI=1S/C22H26ClN3O6/c1-6-31-18-9-8-17(23)21(32-7-2)20(18)24-22(28)19(13(3)27)26-25-14-10-15(29-4)12-16(11-14)30-5/h8-12,19H,6-7H2,1-5H3,(H,24,28). The Morgan fingerprint density at radius 3 is 2.19 bits per heavy atom. The lowest BCUT2D eigenvalue weighted by Gasteiger charge is -2.18. The van der Waals surface area contributed by atoms with E-state index in [1.807, 2.05) is 0 Å². The van der Waals surface area contributed by atoms with Crippen LogP contribution in [0.3, 0.4) is 0 Å². The van der Waals surface area contributed by atoms with E-state index in [9.17, 15) is 9.59 Å². The molecule has 32 heavy (non-hydrogen) atoms. The third-order valence-corrected chi connectivity index (χ3v) is 4.46. The van der Waals surface area contributed by atoms with Gasteiger partial charge in [-0.25, -0.2) is 0 Å². The fourth-order valence-electron chi connectivity index (χ4n) is 2.70. The van der Waals surface area contributed by atoms with Crippen LogP contribution in [0.5, 0.6) is 23.0 Å². The molecule has 0 heterocycles. The molecule has 0 aliphatic heterocycles. The lowest BCUT2D eigenvalue weighted by atomic mass is 10.2. The highest BCUT2D eigenvalue weighted by Crippen LogP contribution is 2.41. The Balaban J connectivity index is 2.37. The maximum Gasteiger partial charge on any atom is 0.259 e. The highest BCUT2D eigenvalue weighted by Gasteiger charge is 2.26. The maximum atomic E-state index is 13.0. The van der Waals surface area contributed by atoms with Gasteiger partial charge in [0.05, 0.1) is 38.1 Å². The summed E-state index contributed by atoms with van der Waals surface area (Å²) in [6, 6.07) is 6.66. The predicted molar refractivity (Wildman–Crippen MR) is 121 cm³/mol. The largest absolute Gasteiger partial charge is 0.497 e. The first-order valence-corrected chi connectivity index (χ1v) is 10.3. The average molecular weight is 464 g/mol. The third-order valence-electron chi connectivity index (χ3n) is 4.17. The Morgan fingerprint density at radius 2 is 1.66 bits per heavy atom. The molecule has 2 aromatic rings. The molecular weight excluding hydrogens is 438 g/mol. The number of carbonyl (C=O) groups excluding carboxylic acids is 2. The summed E-state index contributed by atoms with van der Waals surface area (Å²) < 4.78 is 21.5. The van der Waals surface area contributed by atoms with E-state index in [1.54, 1.807) is 44.2 Å². The van der Waals surface area contributed by atoms with E-state index < -0.39 is 17.7 Å². The van der Waals surface area contributed by atoms with Crippen molar-refractivity contribution in [1.29, 1.82) is 0 Å². The molecule has 1 atom stereocenters. The molecule has 0 spiro atoms. The Bertz CT molecular complexity index is 974. The molecule has 0 fully saturated rings. The molecule has 0 bridgehead atoms. The van der Waals surface area contributed by atoms with Crippen LogP contribution in [0.15, 0.2) is 40.6 Å². The SMILES string of the molecule is CCOc1ccc(Cl)c(OCC)c1NC(=O)C(N=Nc1cc(OC)cc(OC)c1)C(C)=O. The molecule has 1 N–H and O–H groups in total. The van der Waals surface area contributed by atoms with Crippen LogP contribution >= 0.6 is 11.6 Å². The molecule has 1 amide bonds. The number of halogens is 1. The van der Waals surface area contributed by atoms with Gasteiger partial charge < -0.3 is 24.3 Å². The van der Waals surface area contributed by atoms with Gasteiger partial charge in [0, 0.05) is 18.2 Å². The van der Waals surface area contributed by atoms with Gasteiger partial charge in [-0.3, -0.25) is 9.59 Å². The lowest BCUT2D eigenvalue weighted by molar-refractivity contribution is -0.126. The van der Waals surface area contributed by atoms with Gasteiger partial charge in [0.2, 0.25) is 6.04 Å². The minimum Gasteiger partial charge on any atom is -0.497 e. The van der Waals surface area contributed by atoms with Crippen LogP contribution in [-0.4, -0.2) is 45.2 Å². The summed E-state index contributed by atoms with van der Waals surface area (Å²) in [6.45, 7) is 5.50. The number of nitrogens with zero attached hydrogens (tertiary/aromatic N) is 2. The third kappa shape index (κ3) is 6.34. The molecule has 2 aromatic carbocycles. The number of rotatable bonds is 11. The fourth-order valence-corrected chi connectivity index (χ4v) is 2.92. The van der Waals surface area contributed by atoms with Gasteiger partial charge in [0.1, 0.15) is 22.9 Å². The Kier molecular flexibility index (Phi) is 9.27. The van der Waals surface area contributed by atoms with Gasteiger partial charge in [-0.05, 0) is 32.9 Å². The number of methoxy groups -OCH3 is 2. The van der Waals surface area contributed by atoms with Crippen LogP contribution in [0.2, 0.25) is 5.02 Å². The van der Waals surface area contributed by atoms with E-state index in [2.05, 4.69) is 15.5 Å². The second-order valence-corrected chi connectivity index (χ2v) is 6.81. The first kappa shape index (κ1) is 24.9. The lowest BCUT2D eigenvalue weighted by Crippen LogP contribution is -2.32. The fraction of sp³-hybridized carbons (Fsp3) is 0.364. The highest BCUT2D eigenvalue weighted by molar-refractivity contribution is 6.33. The zero-order valence-corrected chi connectivity index (χ0v) is 19.4. The van der Waals surface area contributed by atoms with E-state index in [0.717, 1.165) is 0 Å². The van der Waals surface area contributed by atoms with Crippen LogP contribution in [0.25, 0.3) is 0 Å². The summed E-state index contributed by atoms with van der Waals surface area (Å²) in [5, 5.41) is 10.9. The first-order valence-electron chi connectivity index (χ1n) is 9.87. The van der Waals surface area contributed by atoms with Crippen molar-refractivity contribution in [2.24, 2.45) is 10.2 Å². The summed E-state index contributed by atoms with van der Waals surface area (Å²) in [5.74, 6) is 0.364. The molecule has 0 aliphatic rings. The minimum atomic E-state index is -1.41. The minimum absolute atomic E-state index is 0.218. The van der Waals surface area contributed by atoms with Crippen molar-refractivity contribution in [3.8, 4) is 23.0 Å². The average Bonchev–Trinajstić information content (AvgIpc) is 2.77. The van der Waals surface area contributed by atoms with Crippen LogP contribution in [0.4, 0.5) is 11.4 Å². The molecule has 1 unspecified atom stereocenters. The van der Waals surface area contributed by atoms with Crippen LogP contribution < -0.4 is 24.3 Å². The Labute approximate surface area is 191 Å². The number of nitrogens with one attached hydrogen (secondary N) is 1. The van der Waals surface area contributed by atoms with Crippen molar-refractivity contribution in [2.45, 2.75) is 26.8 Å². The van der Waals surface area contributed by atoms with E-state index in [1.165, 1.54) is 21.1 Å². The van der Waals surface area contributed by atoms with Gasteiger partial charge >= 0.3 is 0 Å². The summed E-state index contributed by atoms with van der Waals surface area (Å²) >= 11 is 6.24. The summed E-state index contributed by atoms with van der Waals surface area (Å²) in [6.07, 6.45) is 0. The van der Waals surface area contributed by atoms with Crippen molar-refractivity contribution in [3.63, 3.8) is 0 Å². The normalized spacial score (nSPS) is 11.7. The number of azo groups is 1. The van der Waals surface area contributed by atoms with Crippen LogP contribution in [0.1, 0.15) is 20.8 Å². The summed E-state index contributed by atoms with van der Waals surface area (Å²) in [5.41, 5.74) is 0.573. The number of amides is 1. The number of ketones is 1. The molecule has 0 aliphatic carbocycles. The van der Waals surface area contributed by atoms with Crippen molar-refractivity contribution >= 4 is 34.7 Å². The molecular formula is C22H26ClN3O6. The molecule has 0 radical (unpaired) electrons. The number of anilines is 1. The Hall–Kier alpha value is -3.33. The first-order chi connectivity index (χ1) is 15.3. The second kappa shape index (κ2) is 11.9. The smallest absolute Gasteiger partial charge is 0.259 e. The molecule has 2 rings (SSSR count). The van der Waals surface area contributed by atoms with Crippen molar-refractivity contribution < 1.29 is 28.5 Å². The van der Waals surface area contributed by atoms with Crippen molar-refractivity contribution in [3.05, 3.63) is 35.4 Å². The zero-order chi connectivity index (χ0) is 23.7. The number of ether oxygens (including phenoxy) is 4.